The van der Waals surface area contributed by atoms with Crippen LogP contribution in [0.5, 0.6) is 0 Å². The molecule has 188 valence electrons. The van der Waals surface area contributed by atoms with Crippen LogP contribution in [0.15, 0.2) is 36.4 Å². The zero-order valence-corrected chi connectivity index (χ0v) is 21.9. The lowest BCUT2D eigenvalue weighted by Crippen LogP contribution is -2.46. The SMILES string of the molecule is CCNCCN(C(=O)CNCC(=O)N(C)C1Cc2ccc(C)cc2C1)c1cc(C#N)ccc1C.Cl. The summed E-state index contributed by atoms with van der Waals surface area (Å²) in [6, 6.07) is 14.1. The van der Waals surface area contributed by atoms with Crippen molar-refractivity contribution >= 4 is 29.9 Å². The molecule has 2 amide bonds. The van der Waals surface area contributed by atoms with E-state index < -0.39 is 0 Å². The van der Waals surface area contributed by atoms with Gasteiger partial charge in [0.25, 0.3) is 0 Å². The van der Waals surface area contributed by atoms with Crippen molar-refractivity contribution in [3.8, 4) is 6.07 Å². The number of nitrogens with zero attached hydrogens (tertiary/aromatic N) is 3. The van der Waals surface area contributed by atoms with Gasteiger partial charge in [-0.15, -0.1) is 12.4 Å². The number of hydrogen-bond acceptors (Lipinski definition) is 5. The third kappa shape index (κ3) is 7.28. The molecule has 1 aliphatic carbocycles. The summed E-state index contributed by atoms with van der Waals surface area (Å²) in [5.41, 5.74) is 6.04. The van der Waals surface area contributed by atoms with Gasteiger partial charge in [-0.25, -0.2) is 0 Å². The second kappa shape index (κ2) is 13.2. The van der Waals surface area contributed by atoms with Crippen LogP contribution in [0.2, 0.25) is 0 Å². The Hall–Kier alpha value is -2.92. The van der Waals surface area contributed by atoms with Crippen LogP contribution in [0, 0.1) is 25.2 Å². The summed E-state index contributed by atoms with van der Waals surface area (Å²) in [5, 5.41) is 15.6. The number of nitriles is 1. The first-order valence-corrected chi connectivity index (χ1v) is 11.9. The number of carbonyl (C=O) groups is 2. The fourth-order valence-electron chi connectivity index (χ4n) is 4.41. The average molecular weight is 498 g/mol. The summed E-state index contributed by atoms with van der Waals surface area (Å²) >= 11 is 0. The Bertz CT molecular complexity index is 1080. The van der Waals surface area contributed by atoms with Crippen molar-refractivity contribution in [3.05, 3.63) is 64.2 Å². The molecular weight excluding hydrogens is 462 g/mol. The van der Waals surface area contributed by atoms with Crippen LogP contribution in [-0.4, -0.2) is 62.5 Å². The number of halogens is 1. The van der Waals surface area contributed by atoms with Crippen LogP contribution in [0.3, 0.4) is 0 Å². The second-order valence-electron chi connectivity index (χ2n) is 8.95. The van der Waals surface area contributed by atoms with Crippen molar-refractivity contribution in [2.45, 2.75) is 39.7 Å². The maximum Gasteiger partial charge on any atom is 0.241 e. The highest BCUT2D eigenvalue weighted by Crippen LogP contribution is 2.26. The molecule has 0 saturated carbocycles. The molecule has 1 unspecified atom stereocenters. The van der Waals surface area contributed by atoms with E-state index in [0.717, 1.165) is 30.6 Å². The Balaban J connectivity index is 0.00000432. The van der Waals surface area contributed by atoms with Gasteiger partial charge in [-0.2, -0.15) is 5.26 Å². The highest BCUT2D eigenvalue weighted by molar-refractivity contribution is 5.96. The number of amides is 2. The van der Waals surface area contributed by atoms with E-state index in [1.165, 1.54) is 16.7 Å². The topological polar surface area (TPSA) is 88.5 Å². The van der Waals surface area contributed by atoms with E-state index in [1.54, 1.807) is 21.9 Å². The molecule has 2 aromatic rings. The van der Waals surface area contributed by atoms with Gasteiger partial charge in [0.05, 0.1) is 24.7 Å². The first kappa shape index (κ1) is 28.3. The van der Waals surface area contributed by atoms with Gasteiger partial charge in [0.15, 0.2) is 0 Å². The van der Waals surface area contributed by atoms with Gasteiger partial charge in [0, 0.05) is 31.9 Å². The number of hydrogen-bond donors (Lipinski definition) is 2. The van der Waals surface area contributed by atoms with Crippen molar-refractivity contribution in [1.29, 1.82) is 5.26 Å². The van der Waals surface area contributed by atoms with Crippen LogP contribution in [0.4, 0.5) is 5.69 Å². The average Bonchev–Trinajstić information content (AvgIpc) is 3.25. The normalized spacial score (nSPS) is 14.0. The Labute approximate surface area is 214 Å². The minimum atomic E-state index is -0.129. The summed E-state index contributed by atoms with van der Waals surface area (Å²) in [4.78, 5) is 29.4. The lowest BCUT2D eigenvalue weighted by Gasteiger charge is -2.26. The maximum atomic E-state index is 13.1. The van der Waals surface area contributed by atoms with Crippen LogP contribution < -0.4 is 15.5 Å². The molecule has 7 nitrogen and oxygen atoms in total. The summed E-state index contributed by atoms with van der Waals surface area (Å²) in [5.74, 6) is -0.153. The molecular formula is C27H36ClN5O2. The Morgan fingerprint density at radius 2 is 1.74 bits per heavy atom. The van der Waals surface area contributed by atoms with Crippen molar-refractivity contribution < 1.29 is 9.59 Å². The lowest BCUT2D eigenvalue weighted by molar-refractivity contribution is -0.130. The van der Waals surface area contributed by atoms with Crippen LogP contribution in [0.1, 0.15) is 34.7 Å². The number of aryl methyl sites for hydroxylation is 2. The highest BCUT2D eigenvalue weighted by Gasteiger charge is 2.27. The number of anilines is 1. The van der Waals surface area contributed by atoms with E-state index in [2.05, 4.69) is 41.8 Å². The molecule has 2 aromatic carbocycles. The van der Waals surface area contributed by atoms with Crippen LogP contribution >= 0.6 is 12.4 Å². The summed E-state index contributed by atoms with van der Waals surface area (Å²) in [7, 11) is 1.84. The van der Waals surface area contributed by atoms with Gasteiger partial charge >= 0.3 is 0 Å². The Morgan fingerprint density at radius 1 is 1.03 bits per heavy atom. The summed E-state index contributed by atoms with van der Waals surface area (Å²) < 4.78 is 0. The van der Waals surface area contributed by atoms with E-state index in [-0.39, 0.29) is 43.4 Å². The predicted molar refractivity (Wildman–Crippen MR) is 142 cm³/mol. The zero-order valence-electron chi connectivity index (χ0n) is 21.1. The highest BCUT2D eigenvalue weighted by atomic mass is 35.5. The standard InChI is InChI=1S/C27H35N5O2.ClH/c1-5-29-10-11-32(25-13-21(16-28)8-7-20(25)3)27(34)18-30-17-26(33)31(4)24-14-22-9-6-19(2)12-23(22)15-24;/h6-9,12-13,24,29-30H,5,10-11,14-15,17-18H2,1-4H3;1H. The van der Waals surface area contributed by atoms with Gasteiger partial charge in [0.2, 0.25) is 11.8 Å². The van der Waals surface area contributed by atoms with Gasteiger partial charge in [-0.3, -0.25) is 14.9 Å². The van der Waals surface area contributed by atoms with Crippen LogP contribution in [-0.2, 0) is 22.4 Å². The summed E-state index contributed by atoms with van der Waals surface area (Å²) in [6.07, 6.45) is 1.73. The molecule has 0 fully saturated rings. The first-order valence-electron chi connectivity index (χ1n) is 11.9. The monoisotopic (exact) mass is 497 g/mol. The van der Waals surface area contributed by atoms with E-state index >= 15 is 0 Å². The molecule has 1 atom stereocenters. The summed E-state index contributed by atoms with van der Waals surface area (Å²) in [6.45, 7) is 8.11. The number of likely N-dealkylation sites (N-methyl/N-ethyl adjacent to an activating group) is 2. The second-order valence-corrected chi connectivity index (χ2v) is 8.95. The largest absolute Gasteiger partial charge is 0.341 e. The number of carbonyl (C=O) groups excluding carboxylic acids is 2. The van der Waals surface area contributed by atoms with Crippen molar-refractivity contribution in [3.63, 3.8) is 0 Å². The fourth-order valence-corrected chi connectivity index (χ4v) is 4.41. The third-order valence-corrected chi connectivity index (χ3v) is 6.46. The Kier molecular flexibility index (Phi) is 10.7. The fraction of sp³-hybridized carbons (Fsp3) is 0.444. The maximum absolute atomic E-state index is 13.1. The number of fused-ring (bicyclic) bond motifs is 1. The third-order valence-electron chi connectivity index (χ3n) is 6.46. The first-order chi connectivity index (χ1) is 16.3. The molecule has 3 rings (SSSR count). The predicted octanol–water partition coefficient (Wildman–Crippen LogP) is 2.75. The van der Waals surface area contributed by atoms with E-state index in [4.69, 9.17) is 0 Å². The quantitative estimate of drug-likeness (QED) is 0.493. The van der Waals surface area contributed by atoms with E-state index in [9.17, 15) is 14.9 Å². The van der Waals surface area contributed by atoms with Gasteiger partial charge in [-0.05, 0) is 62.1 Å². The van der Waals surface area contributed by atoms with Gasteiger partial charge in [-0.1, -0.05) is 36.8 Å². The minimum Gasteiger partial charge on any atom is -0.341 e. The number of rotatable bonds is 10. The molecule has 1 aliphatic rings. The van der Waals surface area contributed by atoms with Crippen molar-refractivity contribution in [2.24, 2.45) is 0 Å². The minimum absolute atomic E-state index is 0. The lowest BCUT2D eigenvalue weighted by atomic mass is 10.1. The molecule has 0 spiro atoms. The molecule has 8 heteroatoms. The Morgan fingerprint density at radius 3 is 2.46 bits per heavy atom. The zero-order chi connectivity index (χ0) is 24.7. The van der Waals surface area contributed by atoms with Crippen LogP contribution in [0.25, 0.3) is 0 Å². The van der Waals surface area contributed by atoms with E-state index in [1.807, 2.05) is 27.0 Å². The molecule has 0 heterocycles. The molecule has 0 saturated heterocycles. The number of benzene rings is 2. The number of nitrogens with one attached hydrogen (secondary N) is 2. The smallest absolute Gasteiger partial charge is 0.241 e. The van der Waals surface area contributed by atoms with Crippen molar-refractivity contribution in [1.82, 2.24) is 15.5 Å². The molecule has 0 aromatic heterocycles. The van der Waals surface area contributed by atoms with Gasteiger partial charge in [0.1, 0.15) is 0 Å². The van der Waals surface area contributed by atoms with E-state index in [0.29, 0.717) is 18.7 Å². The van der Waals surface area contributed by atoms with Gasteiger partial charge < -0.3 is 15.1 Å². The molecule has 0 aliphatic heterocycles. The van der Waals surface area contributed by atoms with Crippen molar-refractivity contribution in [2.75, 3.05) is 44.7 Å². The molecule has 2 N–H and O–H groups in total. The molecule has 0 bridgehead atoms. The molecule has 35 heavy (non-hydrogen) atoms. The molecule has 0 radical (unpaired) electrons.